The molecule has 0 atom stereocenters. The van der Waals surface area contributed by atoms with E-state index in [-0.39, 0.29) is 5.56 Å². The molecule has 1 heterocycles. The van der Waals surface area contributed by atoms with E-state index < -0.39 is 5.97 Å². The first-order valence-electron chi connectivity index (χ1n) is 5.73. The standard InChI is InChI=1S/C13H12ClNO2/c14-10-6-7(13(16)17)5-9-8-3-1-2-4-11(8)15-12(9)10/h5-6,15H,1-4H2,(H,16,17). The summed E-state index contributed by atoms with van der Waals surface area (Å²) in [5.74, 6) is -0.931. The highest BCUT2D eigenvalue weighted by Gasteiger charge is 2.18. The minimum atomic E-state index is -0.931. The summed E-state index contributed by atoms with van der Waals surface area (Å²) in [6.07, 6.45) is 4.38. The van der Waals surface area contributed by atoms with Gasteiger partial charge in [0.25, 0.3) is 0 Å². The summed E-state index contributed by atoms with van der Waals surface area (Å²) in [7, 11) is 0. The Bertz CT molecular complexity index is 615. The average molecular weight is 250 g/mol. The molecule has 0 saturated carbocycles. The van der Waals surface area contributed by atoms with E-state index in [1.54, 1.807) is 6.07 Å². The highest BCUT2D eigenvalue weighted by atomic mass is 35.5. The molecule has 3 nitrogen and oxygen atoms in total. The van der Waals surface area contributed by atoms with E-state index >= 15 is 0 Å². The Morgan fingerprint density at radius 2 is 2.06 bits per heavy atom. The van der Waals surface area contributed by atoms with E-state index in [2.05, 4.69) is 4.98 Å². The number of aromatic amines is 1. The molecule has 1 aliphatic rings. The summed E-state index contributed by atoms with van der Waals surface area (Å²) in [6, 6.07) is 3.23. The number of halogens is 1. The summed E-state index contributed by atoms with van der Waals surface area (Å²) < 4.78 is 0. The molecule has 0 aliphatic heterocycles. The minimum Gasteiger partial charge on any atom is -0.478 e. The van der Waals surface area contributed by atoms with Gasteiger partial charge < -0.3 is 10.1 Å². The van der Waals surface area contributed by atoms with Crippen LogP contribution in [0.1, 0.15) is 34.5 Å². The fourth-order valence-corrected chi connectivity index (χ4v) is 2.85. The first-order chi connectivity index (χ1) is 8.16. The number of fused-ring (bicyclic) bond motifs is 3. The molecule has 88 valence electrons. The molecule has 0 bridgehead atoms. The number of carboxylic acids is 1. The van der Waals surface area contributed by atoms with Crippen LogP contribution in [-0.2, 0) is 12.8 Å². The molecule has 0 saturated heterocycles. The lowest BCUT2D eigenvalue weighted by atomic mass is 9.95. The number of carbonyl (C=O) groups is 1. The Kier molecular flexibility index (Phi) is 2.37. The van der Waals surface area contributed by atoms with Crippen LogP contribution in [0.2, 0.25) is 5.02 Å². The van der Waals surface area contributed by atoms with Gasteiger partial charge in [0.15, 0.2) is 0 Å². The maximum absolute atomic E-state index is 11.0. The zero-order valence-corrected chi connectivity index (χ0v) is 9.97. The second-order valence-corrected chi connectivity index (χ2v) is 4.88. The summed E-state index contributed by atoms with van der Waals surface area (Å²) in [5, 5.41) is 10.5. The van der Waals surface area contributed by atoms with Crippen molar-refractivity contribution in [2.75, 3.05) is 0 Å². The lowest BCUT2D eigenvalue weighted by molar-refractivity contribution is 0.0697. The number of hydrogen-bond acceptors (Lipinski definition) is 1. The van der Waals surface area contributed by atoms with Crippen LogP contribution in [-0.4, -0.2) is 16.1 Å². The summed E-state index contributed by atoms with van der Waals surface area (Å²) in [5.41, 5.74) is 3.60. The quantitative estimate of drug-likeness (QED) is 0.814. The fraction of sp³-hybridized carbons (Fsp3) is 0.308. The number of carboxylic acid groups (broad SMARTS) is 1. The van der Waals surface area contributed by atoms with Crippen LogP contribution in [0, 0.1) is 0 Å². The minimum absolute atomic E-state index is 0.259. The number of rotatable bonds is 1. The molecule has 0 radical (unpaired) electrons. The van der Waals surface area contributed by atoms with Gasteiger partial charge in [0.1, 0.15) is 0 Å². The van der Waals surface area contributed by atoms with Gasteiger partial charge in [0, 0.05) is 11.1 Å². The summed E-state index contributed by atoms with van der Waals surface area (Å²) >= 11 is 6.13. The zero-order valence-electron chi connectivity index (χ0n) is 9.22. The second-order valence-electron chi connectivity index (χ2n) is 4.47. The molecular weight excluding hydrogens is 238 g/mol. The molecule has 17 heavy (non-hydrogen) atoms. The van der Waals surface area contributed by atoms with Crippen LogP contribution in [0.4, 0.5) is 0 Å². The topological polar surface area (TPSA) is 53.1 Å². The van der Waals surface area contributed by atoms with Gasteiger partial charge in [-0.1, -0.05) is 11.6 Å². The fourth-order valence-electron chi connectivity index (χ4n) is 2.59. The highest BCUT2D eigenvalue weighted by Crippen LogP contribution is 2.33. The van der Waals surface area contributed by atoms with Gasteiger partial charge in [-0.05, 0) is 43.4 Å². The van der Waals surface area contributed by atoms with E-state index in [0.29, 0.717) is 5.02 Å². The van der Waals surface area contributed by atoms with Gasteiger partial charge in [-0.15, -0.1) is 0 Å². The third-order valence-electron chi connectivity index (χ3n) is 3.41. The SMILES string of the molecule is O=C(O)c1cc(Cl)c2[nH]c3c(c2c1)CCCC3. The largest absolute Gasteiger partial charge is 0.478 e. The maximum atomic E-state index is 11.0. The molecule has 1 aromatic carbocycles. The Labute approximate surface area is 103 Å². The predicted octanol–water partition coefficient (Wildman–Crippen LogP) is 3.40. The first kappa shape index (κ1) is 10.7. The molecule has 1 aliphatic carbocycles. The number of hydrogen-bond donors (Lipinski definition) is 2. The van der Waals surface area contributed by atoms with Crippen LogP contribution in [0.15, 0.2) is 12.1 Å². The number of nitrogens with one attached hydrogen (secondary N) is 1. The van der Waals surface area contributed by atoms with Gasteiger partial charge in [-0.25, -0.2) is 4.79 Å². The average Bonchev–Trinajstić information content (AvgIpc) is 2.68. The molecular formula is C13H12ClNO2. The zero-order chi connectivity index (χ0) is 12.0. The Morgan fingerprint density at radius 3 is 2.82 bits per heavy atom. The molecule has 0 fully saturated rings. The van der Waals surface area contributed by atoms with Crippen LogP contribution in [0.3, 0.4) is 0 Å². The van der Waals surface area contributed by atoms with Gasteiger partial charge >= 0.3 is 5.97 Å². The van der Waals surface area contributed by atoms with Gasteiger partial charge in [-0.3, -0.25) is 0 Å². The van der Waals surface area contributed by atoms with E-state index in [1.807, 2.05) is 0 Å². The Hall–Kier alpha value is -1.48. The Morgan fingerprint density at radius 1 is 1.29 bits per heavy atom. The van der Waals surface area contributed by atoms with Crippen molar-refractivity contribution in [1.29, 1.82) is 0 Å². The van der Waals surface area contributed by atoms with Crippen molar-refractivity contribution in [2.45, 2.75) is 25.7 Å². The second kappa shape index (κ2) is 3.77. The Balaban J connectivity index is 2.32. The maximum Gasteiger partial charge on any atom is 0.335 e. The van der Waals surface area contributed by atoms with Crippen molar-refractivity contribution in [3.05, 3.63) is 34.0 Å². The molecule has 0 unspecified atom stereocenters. The smallest absolute Gasteiger partial charge is 0.335 e. The lowest BCUT2D eigenvalue weighted by Crippen LogP contribution is -2.00. The van der Waals surface area contributed by atoms with E-state index in [1.165, 1.54) is 23.7 Å². The highest BCUT2D eigenvalue weighted by molar-refractivity contribution is 6.35. The van der Waals surface area contributed by atoms with Crippen molar-refractivity contribution < 1.29 is 9.90 Å². The van der Waals surface area contributed by atoms with Crippen LogP contribution >= 0.6 is 11.6 Å². The third kappa shape index (κ3) is 1.62. The van der Waals surface area contributed by atoms with Crippen LogP contribution < -0.4 is 0 Å². The number of aromatic carboxylic acids is 1. The number of H-pyrrole nitrogens is 1. The van der Waals surface area contributed by atoms with Crippen molar-refractivity contribution in [3.8, 4) is 0 Å². The predicted molar refractivity (Wildman–Crippen MR) is 66.9 cm³/mol. The molecule has 2 N–H and O–H groups in total. The molecule has 1 aromatic heterocycles. The third-order valence-corrected chi connectivity index (χ3v) is 3.70. The van der Waals surface area contributed by atoms with Gasteiger partial charge in [-0.2, -0.15) is 0 Å². The number of aryl methyl sites for hydroxylation is 2. The van der Waals surface area contributed by atoms with Gasteiger partial charge in [0.05, 0.1) is 16.1 Å². The lowest BCUT2D eigenvalue weighted by Gasteiger charge is -2.10. The van der Waals surface area contributed by atoms with Gasteiger partial charge in [0.2, 0.25) is 0 Å². The normalized spacial score (nSPS) is 14.9. The molecule has 4 heteroatoms. The summed E-state index contributed by atoms with van der Waals surface area (Å²) in [6.45, 7) is 0. The molecule has 0 spiro atoms. The van der Waals surface area contributed by atoms with E-state index in [4.69, 9.17) is 16.7 Å². The van der Waals surface area contributed by atoms with E-state index in [9.17, 15) is 4.79 Å². The van der Waals surface area contributed by atoms with Crippen LogP contribution in [0.5, 0.6) is 0 Å². The van der Waals surface area contributed by atoms with Crippen molar-refractivity contribution >= 4 is 28.5 Å². The monoisotopic (exact) mass is 249 g/mol. The van der Waals surface area contributed by atoms with Crippen LogP contribution in [0.25, 0.3) is 10.9 Å². The first-order valence-corrected chi connectivity index (χ1v) is 6.11. The number of benzene rings is 1. The molecule has 2 aromatic rings. The van der Waals surface area contributed by atoms with Crippen molar-refractivity contribution in [1.82, 2.24) is 4.98 Å². The molecule has 0 amide bonds. The van der Waals surface area contributed by atoms with Crippen molar-refractivity contribution in [2.24, 2.45) is 0 Å². The summed E-state index contributed by atoms with van der Waals surface area (Å²) in [4.78, 5) is 14.3. The molecule has 3 rings (SSSR count). The van der Waals surface area contributed by atoms with E-state index in [0.717, 1.165) is 30.2 Å². The van der Waals surface area contributed by atoms with Crippen molar-refractivity contribution in [3.63, 3.8) is 0 Å². The number of aromatic nitrogens is 1.